The van der Waals surface area contributed by atoms with Gasteiger partial charge in [0.2, 0.25) is 0 Å². The van der Waals surface area contributed by atoms with Crippen LogP contribution in [0.4, 0.5) is 0 Å². The monoisotopic (exact) mass is 391 g/mol. The zero-order chi connectivity index (χ0) is 20.4. The molecule has 2 saturated carbocycles. The van der Waals surface area contributed by atoms with Gasteiger partial charge in [0.25, 0.3) is 0 Å². The summed E-state index contributed by atoms with van der Waals surface area (Å²) in [6, 6.07) is 0. The summed E-state index contributed by atoms with van der Waals surface area (Å²) in [5.74, 6) is 2.51. The maximum atomic E-state index is 10.2. The maximum absolute atomic E-state index is 10.2. The number of hydrogen-bond acceptors (Lipinski definition) is 3. The lowest BCUT2D eigenvalue weighted by Gasteiger charge is -2.30. The van der Waals surface area contributed by atoms with Crippen molar-refractivity contribution < 1.29 is 9.84 Å². The molecular formula is C25H45NO2. The standard InChI is InChI=1S/C25H45NO2/c1-5-6-7-8-21-9-11-22(12-10-21)13-14-23-15-17-24(18-16-23)28-25(27)20(2)19-26(3)4/h13-14,21-25,27H,2,5-12,15-19H2,1,3-4H3/b14-13+. The Kier molecular flexibility index (Phi) is 10.8. The van der Waals surface area contributed by atoms with Crippen molar-refractivity contribution in [3.63, 3.8) is 0 Å². The minimum atomic E-state index is -0.827. The predicted molar refractivity (Wildman–Crippen MR) is 119 cm³/mol. The second-order valence-corrected chi connectivity index (χ2v) is 9.58. The molecule has 0 aromatic rings. The Morgan fingerprint density at radius 1 is 1.00 bits per heavy atom. The quantitative estimate of drug-likeness (QED) is 0.269. The van der Waals surface area contributed by atoms with E-state index in [0.717, 1.165) is 30.3 Å². The van der Waals surface area contributed by atoms with Crippen molar-refractivity contribution >= 4 is 0 Å². The van der Waals surface area contributed by atoms with Crippen LogP contribution in [0.5, 0.6) is 0 Å². The molecule has 0 spiro atoms. The molecule has 0 aromatic heterocycles. The minimum Gasteiger partial charge on any atom is -0.364 e. The number of hydrogen-bond donors (Lipinski definition) is 1. The van der Waals surface area contributed by atoms with Crippen LogP contribution in [0.3, 0.4) is 0 Å². The van der Waals surface area contributed by atoms with Gasteiger partial charge >= 0.3 is 0 Å². The van der Waals surface area contributed by atoms with Crippen LogP contribution < -0.4 is 0 Å². The molecule has 2 rings (SSSR count). The smallest absolute Gasteiger partial charge is 0.178 e. The summed E-state index contributed by atoms with van der Waals surface area (Å²) in [6.07, 6.45) is 20.1. The molecule has 28 heavy (non-hydrogen) atoms. The zero-order valence-electron chi connectivity index (χ0n) is 18.7. The number of aliphatic hydroxyl groups excluding tert-OH is 1. The third-order valence-electron chi connectivity index (χ3n) is 6.67. The number of rotatable bonds is 11. The van der Waals surface area contributed by atoms with E-state index in [2.05, 4.69) is 25.7 Å². The first-order chi connectivity index (χ1) is 13.5. The van der Waals surface area contributed by atoms with Gasteiger partial charge in [0.15, 0.2) is 6.29 Å². The van der Waals surface area contributed by atoms with Crippen LogP contribution in [0.1, 0.15) is 84.0 Å². The van der Waals surface area contributed by atoms with E-state index in [1.807, 2.05) is 19.0 Å². The van der Waals surface area contributed by atoms with Crippen molar-refractivity contribution in [3.05, 3.63) is 24.3 Å². The summed E-state index contributed by atoms with van der Waals surface area (Å²) in [5.41, 5.74) is 0.748. The van der Waals surface area contributed by atoms with E-state index >= 15 is 0 Å². The summed E-state index contributed by atoms with van der Waals surface area (Å²) >= 11 is 0. The fraction of sp³-hybridized carbons (Fsp3) is 0.840. The van der Waals surface area contributed by atoms with Crippen LogP contribution >= 0.6 is 0 Å². The molecule has 1 atom stereocenters. The Balaban J connectivity index is 1.61. The van der Waals surface area contributed by atoms with E-state index in [4.69, 9.17) is 4.74 Å². The fourth-order valence-corrected chi connectivity index (χ4v) is 4.85. The first kappa shape index (κ1) is 23.6. The first-order valence-corrected chi connectivity index (χ1v) is 11.8. The Labute approximate surface area is 174 Å². The molecule has 2 fully saturated rings. The van der Waals surface area contributed by atoms with E-state index in [1.54, 1.807) is 0 Å². The van der Waals surface area contributed by atoms with Crippen molar-refractivity contribution in [2.45, 2.75) is 96.4 Å². The van der Waals surface area contributed by atoms with Gasteiger partial charge in [-0.2, -0.15) is 0 Å². The highest BCUT2D eigenvalue weighted by Crippen LogP contribution is 2.34. The maximum Gasteiger partial charge on any atom is 0.178 e. The molecular weight excluding hydrogens is 346 g/mol. The summed E-state index contributed by atoms with van der Waals surface area (Å²) in [7, 11) is 3.96. The lowest BCUT2D eigenvalue weighted by atomic mass is 9.78. The van der Waals surface area contributed by atoms with Gasteiger partial charge in [0.1, 0.15) is 0 Å². The summed E-state index contributed by atoms with van der Waals surface area (Å²) in [5, 5.41) is 10.2. The normalized spacial score (nSPS) is 30.0. The van der Waals surface area contributed by atoms with Gasteiger partial charge in [0, 0.05) is 6.54 Å². The summed E-state index contributed by atoms with van der Waals surface area (Å²) < 4.78 is 5.85. The highest BCUT2D eigenvalue weighted by atomic mass is 16.6. The number of ether oxygens (including phenoxy) is 1. The molecule has 2 aliphatic carbocycles. The molecule has 2 aliphatic rings. The number of nitrogens with zero attached hydrogens (tertiary/aromatic N) is 1. The second-order valence-electron chi connectivity index (χ2n) is 9.58. The van der Waals surface area contributed by atoms with Crippen LogP contribution in [-0.2, 0) is 4.74 Å². The van der Waals surface area contributed by atoms with Gasteiger partial charge in [0.05, 0.1) is 6.10 Å². The molecule has 162 valence electrons. The Morgan fingerprint density at radius 3 is 2.11 bits per heavy atom. The molecule has 3 nitrogen and oxygen atoms in total. The highest BCUT2D eigenvalue weighted by molar-refractivity contribution is 5.01. The van der Waals surface area contributed by atoms with Crippen LogP contribution in [0.15, 0.2) is 24.3 Å². The topological polar surface area (TPSA) is 32.7 Å². The SMILES string of the molecule is C=C(CN(C)C)C(O)OC1CCC(/C=C/C2CCC(CCCCC)CC2)CC1. The van der Waals surface area contributed by atoms with Crippen LogP contribution in [0.25, 0.3) is 0 Å². The Morgan fingerprint density at radius 2 is 1.57 bits per heavy atom. The molecule has 3 heteroatoms. The van der Waals surface area contributed by atoms with Crippen molar-refractivity contribution in [1.29, 1.82) is 0 Å². The van der Waals surface area contributed by atoms with E-state index in [-0.39, 0.29) is 6.10 Å². The molecule has 0 bridgehead atoms. The highest BCUT2D eigenvalue weighted by Gasteiger charge is 2.24. The predicted octanol–water partition coefficient (Wildman–Crippen LogP) is 5.94. The van der Waals surface area contributed by atoms with Crippen LogP contribution in [0, 0.1) is 17.8 Å². The molecule has 0 saturated heterocycles. The van der Waals surface area contributed by atoms with Crippen molar-refractivity contribution in [2.24, 2.45) is 17.8 Å². The zero-order valence-corrected chi connectivity index (χ0v) is 18.7. The largest absolute Gasteiger partial charge is 0.364 e. The number of allylic oxidation sites excluding steroid dienone is 2. The minimum absolute atomic E-state index is 0.178. The molecule has 0 radical (unpaired) electrons. The Bertz CT molecular complexity index is 457. The molecule has 1 N–H and O–H groups in total. The van der Waals surface area contributed by atoms with Crippen LogP contribution in [0.2, 0.25) is 0 Å². The fourth-order valence-electron chi connectivity index (χ4n) is 4.85. The average molecular weight is 392 g/mol. The van der Waals surface area contributed by atoms with E-state index < -0.39 is 6.29 Å². The molecule has 1 unspecified atom stereocenters. The van der Waals surface area contributed by atoms with Gasteiger partial charge in [-0.05, 0) is 88.8 Å². The summed E-state index contributed by atoms with van der Waals surface area (Å²) in [4.78, 5) is 2.01. The van der Waals surface area contributed by atoms with Crippen molar-refractivity contribution in [3.8, 4) is 0 Å². The van der Waals surface area contributed by atoms with Crippen molar-refractivity contribution in [2.75, 3.05) is 20.6 Å². The third kappa shape index (κ3) is 8.80. The van der Waals surface area contributed by atoms with Gasteiger partial charge < -0.3 is 14.7 Å². The Hall–Kier alpha value is -0.640. The third-order valence-corrected chi connectivity index (χ3v) is 6.67. The lowest BCUT2D eigenvalue weighted by Crippen LogP contribution is -2.30. The van der Waals surface area contributed by atoms with E-state index in [1.165, 1.54) is 64.2 Å². The van der Waals surface area contributed by atoms with Gasteiger partial charge in [-0.15, -0.1) is 0 Å². The lowest BCUT2D eigenvalue weighted by molar-refractivity contribution is -0.124. The first-order valence-electron chi connectivity index (χ1n) is 11.8. The number of likely N-dealkylation sites (N-methyl/N-ethyl adjacent to an activating group) is 1. The molecule has 0 heterocycles. The number of unbranched alkanes of at least 4 members (excludes halogenated alkanes) is 2. The summed E-state index contributed by atoms with van der Waals surface area (Å²) in [6.45, 7) is 6.92. The molecule has 0 aromatic carbocycles. The van der Waals surface area contributed by atoms with Crippen LogP contribution in [-0.4, -0.2) is 43.0 Å². The van der Waals surface area contributed by atoms with Gasteiger partial charge in [-0.3, -0.25) is 0 Å². The van der Waals surface area contributed by atoms with Crippen molar-refractivity contribution in [1.82, 2.24) is 4.90 Å². The molecule has 0 amide bonds. The number of aliphatic hydroxyl groups is 1. The average Bonchev–Trinajstić information content (AvgIpc) is 2.68. The van der Waals surface area contributed by atoms with E-state index in [0.29, 0.717) is 12.5 Å². The second kappa shape index (κ2) is 12.8. The molecule has 0 aliphatic heterocycles. The van der Waals surface area contributed by atoms with Gasteiger partial charge in [-0.25, -0.2) is 0 Å². The van der Waals surface area contributed by atoms with Gasteiger partial charge in [-0.1, -0.05) is 51.3 Å². The van der Waals surface area contributed by atoms with E-state index in [9.17, 15) is 5.11 Å².